The number of anilines is 1. The maximum Gasteiger partial charge on any atom is 0.237 e. The van der Waals surface area contributed by atoms with Gasteiger partial charge >= 0.3 is 0 Å². The van der Waals surface area contributed by atoms with E-state index in [0.29, 0.717) is 11.3 Å². The van der Waals surface area contributed by atoms with Crippen molar-refractivity contribution in [2.24, 2.45) is 0 Å². The zero-order chi connectivity index (χ0) is 10.7. The Morgan fingerprint density at radius 2 is 2.21 bits per heavy atom. The molecule has 1 N–H and O–H groups in total. The normalized spacial score (nSPS) is 12.3. The molecule has 0 fully saturated rings. The topological polar surface area (TPSA) is 29.1 Å². The van der Waals surface area contributed by atoms with Gasteiger partial charge in [0.05, 0.1) is 4.83 Å². The molecule has 2 nitrogen and oxygen atoms in total. The van der Waals surface area contributed by atoms with Crippen molar-refractivity contribution < 1.29 is 9.18 Å². The highest BCUT2D eigenvalue weighted by Gasteiger charge is 2.11. The van der Waals surface area contributed by atoms with Crippen LogP contribution in [0.5, 0.6) is 0 Å². The van der Waals surface area contributed by atoms with E-state index in [1.807, 2.05) is 0 Å². The number of benzene rings is 1. The molecule has 1 aromatic rings. The SMILES string of the molecule is Cc1c(F)cccc1NC(=O)C(C)Br. The lowest BCUT2D eigenvalue weighted by Crippen LogP contribution is -2.20. The fraction of sp³-hybridized carbons (Fsp3) is 0.300. The van der Waals surface area contributed by atoms with Crippen LogP contribution < -0.4 is 5.32 Å². The van der Waals surface area contributed by atoms with Gasteiger partial charge in [0, 0.05) is 11.3 Å². The summed E-state index contributed by atoms with van der Waals surface area (Å²) in [6.07, 6.45) is 0. The second-order valence-electron chi connectivity index (χ2n) is 3.02. The standard InChI is InChI=1S/C10H11BrFNO/c1-6-8(12)4-3-5-9(6)13-10(14)7(2)11/h3-5,7H,1-2H3,(H,13,14). The first-order valence-corrected chi connectivity index (χ1v) is 5.14. The molecule has 1 unspecified atom stereocenters. The Kier molecular flexibility index (Phi) is 3.63. The van der Waals surface area contributed by atoms with Crippen molar-refractivity contribution in [3.05, 3.63) is 29.6 Å². The van der Waals surface area contributed by atoms with E-state index < -0.39 is 0 Å². The summed E-state index contributed by atoms with van der Waals surface area (Å²) in [6.45, 7) is 3.34. The minimum absolute atomic E-state index is 0.182. The van der Waals surface area contributed by atoms with Gasteiger partial charge in [-0.2, -0.15) is 0 Å². The Morgan fingerprint density at radius 3 is 2.79 bits per heavy atom. The molecular formula is C10H11BrFNO. The number of carbonyl (C=O) groups is 1. The van der Waals surface area contributed by atoms with E-state index in [-0.39, 0.29) is 16.6 Å². The number of amides is 1. The first-order valence-electron chi connectivity index (χ1n) is 4.22. The summed E-state index contributed by atoms with van der Waals surface area (Å²) in [5.41, 5.74) is 0.968. The summed E-state index contributed by atoms with van der Waals surface area (Å²) in [5.74, 6) is -0.497. The van der Waals surface area contributed by atoms with Crippen molar-refractivity contribution in [2.75, 3.05) is 5.32 Å². The van der Waals surface area contributed by atoms with E-state index in [9.17, 15) is 9.18 Å². The summed E-state index contributed by atoms with van der Waals surface area (Å²) in [6, 6.07) is 4.60. The maximum absolute atomic E-state index is 13.1. The molecule has 1 rings (SSSR count). The Balaban J connectivity index is 2.87. The molecule has 0 heterocycles. The zero-order valence-electron chi connectivity index (χ0n) is 7.97. The zero-order valence-corrected chi connectivity index (χ0v) is 9.56. The second-order valence-corrected chi connectivity index (χ2v) is 4.39. The molecule has 1 amide bonds. The molecule has 1 aromatic carbocycles. The summed E-state index contributed by atoms with van der Waals surface area (Å²) >= 11 is 3.13. The smallest absolute Gasteiger partial charge is 0.237 e. The van der Waals surface area contributed by atoms with Gasteiger partial charge in [-0.3, -0.25) is 4.79 Å². The average molecular weight is 260 g/mol. The molecule has 0 aliphatic heterocycles. The van der Waals surface area contributed by atoms with Crippen molar-refractivity contribution in [1.82, 2.24) is 0 Å². The molecule has 0 radical (unpaired) electrons. The molecular weight excluding hydrogens is 249 g/mol. The Bertz CT molecular complexity index is 352. The van der Waals surface area contributed by atoms with Crippen LogP contribution in [-0.4, -0.2) is 10.7 Å². The molecule has 76 valence electrons. The quantitative estimate of drug-likeness (QED) is 0.814. The van der Waals surface area contributed by atoms with Gasteiger partial charge in [0.1, 0.15) is 5.82 Å². The van der Waals surface area contributed by atoms with Gasteiger partial charge in [-0.1, -0.05) is 22.0 Å². The van der Waals surface area contributed by atoms with E-state index in [1.54, 1.807) is 26.0 Å². The molecule has 1 atom stereocenters. The van der Waals surface area contributed by atoms with E-state index in [0.717, 1.165) is 0 Å². The molecule has 14 heavy (non-hydrogen) atoms. The number of hydrogen-bond acceptors (Lipinski definition) is 1. The van der Waals surface area contributed by atoms with Gasteiger partial charge in [-0.25, -0.2) is 4.39 Å². The Labute approximate surface area is 90.6 Å². The van der Waals surface area contributed by atoms with Crippen LogP contribution in [0, 0.1) is 12.7 Å². The number of alkyl halides is 1. The lowest BCUT2D eigenvalue weighted by molar-refractivity contribution is -0.115. The van der Waals surface area contributed by atoms with Crippen LogP contribution in [0.2, 0.25) is 0 Å². The summed E-state index contributed by atoms with van der Waals surface area (Å²) < 4.78 is 13.1. The first kappa shape index (κ1) is 11.2. The number of halogens is 2. The van der Waals surface area contributed by atoms with Crippen LogP contribution >= 0.6 is 15.9 Å². The van der Waals surface area contributed by atoms with Crippen LogP contribution in [0.25, 0.3) is 0 Å². The van der Waals surface area contributed by atoms with Gasteiger partial charge < -0.3 is 5.32 Å². The largest absolute Gasteiger partial charge is 0.325 e. The van der Waals surface area contributed by atoms with E-state index >= 15 is 0 Å². The molecule has 4 heteroatoms. The van der Waals surface area contributed by atoms with Gasteiger partial charge in [0.25, 0.3) is 0 Å². The highest BCUT2D eigenvalue weighted by Crippen LogP contribution is 2.18. The first-order chi connectivity index (χ1) is 6.52. The summed E-state index contributed by atoms with van der Waals surface area (Å²) in [4.78, 5) is 11.0. The summed E-state index contributed by atoms with van der Waals surface area (Å²) in [5, 5.41) is 2.62. The van der Waals surface area contributed by atoms with Crippen molar-refractivity contribution in [1.29, 1.82) is 0 Å². The van der Waals surface area contributed by atoms with Gasteiger partial charge in [0.2, 0.25) is 5.91 Å². The van der Waals surface area contributed by atoms with Crippen LogP contribution in [0.3, 0.4) is 0 Å². The van der Waals surface area contributed by atoms with Crippen LogP contribution in [0.4, 0.5) is 10.1 Å². The fourth-order valence-electron chi connectivity index (χ4n) is 0.975. The van der Waals surface area contributed by atoms with Gasteiger partial charge in [0.15, 0.2) is 0 Å². The number of rotatable bonds is 2. The lowest BCUT2D eigenvalue weighted by Gasteiger charge is -2.09. The molecule has 0 spiro atoms. The monoisotopic (exact) mass is 259 g/mol. The fourth-order valence-corrected chi connectivity index (χ4v) is 1.09. The van der Waals surface area contributed by atoms with Crippen molar-refractivity contribution >= 4 is 27.5 Å². The van der Waals surface area contributed by atoms with Crippen molar-refractivity contribution in [3.8, 4) is 0 Å². The molecule has 0 bridgehead atoms. The van der Waals surface area contributed by atoms with Gasteiger partial charge in [-0.15, -0.1) is 0 Å². The minimum atomic E-state index is -0.315. The maximum atomic E-state index is 13.1. The van der Waals surface area contributed by atoms with E-state index in [2.05, 4.69) is 21.2 Å². The molecule has 0 saturated heterocycles. The van der Waals surface area contributed by atoms with Crippen molar-refractivity contribution in [2.45, 2.75) is 18.7 Å². The molecule has 0 saturated carbocycles. The number of carbonyl (C=O) groups excluding carboxylic acids is 1. The third-order valence-corrected chi connectivity index (χ3v) is 2.30. The van der Waals surface area contributed by atoms with Gasteiger partial charge in [-0.05, 0) is 26.0 Å². The van der Waals surface area contributed by atoms with Crippen LogP contribution in [-0.2, 0) is 4.79 Å². The third-order valence-electron chi connectivity index (χ3n) is 1.89. The lowest BCUT2D eigenvalue weighted by atomic mass is 10.2. The van der Waals surface area contributed by atoms with Crippen molar-refractivity contribution in [3.63, 3.8) is 0 Å². The van der Waals surface area contributed by atoms with E-state index in [1.165, 1.54) is 6.07 Å². The predicted octanol–water partition coefficient (Wildman–Crippen LogP) is 2.86. The predicted molar refractivity (Wildman–Crippen MR) is 58.2 cm³/mol. The highest BCUT2D eigenvalue weighted by molar-refractivity contribution is 9.10. The molecule has 0 aromatic heterocycles. The Hall–Kier alpha value is -0.900. The summed E-state index contributed by atoms with van der Waals surface area (Å²) in [7, 11) is 0. The second kappa shape index (κ2) is 4.55. The Morgan fingerprint density at radius 1 is 1.57 bits per heavy atom. The van der Waals surface area contributed by atoms with E-state index in [4.69, 9.17) is 0 Å². The number of hydrogen-bond donors (Lipinski definition) is 1. The van der Waals surface area contributed by atoms with Crippen LogP contribution in [0.1, 0.15) is 12.5 Å². The third kappa shape index (κ3) is 2.54. The molecule has 0 aliphatic rings. The average Bonchev–Trinajstić information content (AvgIpc) is 2.12. The molecule has 0 aliphatic carbocycles. The van der Waals surface area contributed by atoms with Crippen LogP contribution in [0.15, 0.2) is 18.2 Å². The highest BCUT2D eigenvalue weighted by atomic mass is 79.9. The minimum Gasteiger partial charge on any atom is -0.325 e. The number of nitrogens with one attached hydrogen (secondary N) is 1.